The number of fused-ring (bicyclic) bond motifs is 1. The van der Waals surface area contributed by atoms with Crippen molar-refractivity contribution < 1.29 is 5.11 Å². The topological polar surface area (TPSA) is 66.8 Å². The molecule has 6 rings (SSSR count). The second-order valence-corrected chi connectivity index (χ2v) is 11.6. The summed E-state index contributed by atoms with van der Waals surface area (Å²) < 4.78 is 4.35. The molecule has 0 saturated heterocycles. The summed E-state index contributed by atoms with van der Waals surface area (Å²) in [7, 11) is 0. The molecule has 0 radical (unpaired) electrons. The molecule has 0 spiro atoms. The van der Waals surface area contributed by atoms with Crippen LogP contribution in [0.1, 0.15) is 44.6 Å². The first-order chi connectivity index (χ1) is 19.5. The van der Waals surface area contributed by atoms with E-state index in [1.807, 2.05) is 17.0 Å². The Morgan fingerprint density at radius 1 is 0.850 bits per heavy atom. The maximum atomic E-state index is 10.0. The molecule has 2 N–H and O–H groups in total. The van der Waals surface area contributed by atoms with Gasteiger partial charge < -0.3 is 14.2 Å². The lowest BCUT2D eigenvalue weighted by molar-refractivity contribution is 0.0646. The number of aryl methyl sites for hydroxylation is 3. The van der Waals surface area contributed by atoms with Crippen molar-refractivity contribution in [2.45, 2.75) is 64.6 Å². The van der Waals surface area contributed by atoms with E-state index in [4.69, 9.17) is 4.98 Å². The predicted octanol–water partition coefficient (Wildman–Crippen LogP) is 7.23. The molecule has 0 bridgehead atoms. The summed E-state index contributed by atoms with van der Waals surface area (Å²) in [5.74, 6) is 0. The molecule has 0 atom stereocenters. The zero-order chi connectivity index (χ0) is 27.5. The van der Waals surface area contributed by atoms with E-state index in [0.29, 0.717) is 5.49 Å². The van der Waals surface area contributed by atoms with Gasteiger partial charge in [0.05, 0.1) is 23.5 Å². The smallest absolute Gasteiger partial charge is 0.146 e. The van der Waals surface area contributed by atoms with Gasteiger partial charge in [0.15, 0.2) is 0 Å². The molecule has 2 aromatic heterocycles. The van der Waals surface area contributed by atoms with Gasteiger partial charge in [-0.3, -0.25) is 5.41 Å². The van der Waals surface area contributed by atoms with Crippen LogP contribution in [0.5, 0.6) is 0 Å². The summed E-state index contributed by atoms with van der Waals surface area (Å²) in [5, 5.41) is 20.4. The van der Waals surface area contributed by atoms with Gasteiger partial charge >= 0.3 is 0 Å². The van der Waals surface area contributed by atoms with Crippen LogP contribution in [0.15, 0.2) is 97.3 Å². The van der Waals surface area contributed by atoms with Crippen molar-refractivity contribution in [3.8, 4) is 22.4 Å². The van der Waals surface area contributed by atoms with Crippen molar-refractivity contribution in [3.05, 3.63) is 108 Å². The van der Waals surface area contributed by atoms with Crippen LogP contribution in [-0.4, -0.2) is 25.3 Å². The Bertz CT molecular complexity index is 1630. The number of aliphatic hydroxyl groups excluding tert-OH is 1. The van der Waals surface area contributed by atoms with Crippen molar-refractivity contribution in [1.82, 2.24) is 14.1 Å². The van der Waals surface area contributed by atoms with Gasteiger partial charge in [0.2, 0.25) is 0 Å². The van der Waals surface area contributed by atoms with Crippen LogP contribution in [0, 0.1) is 10.8 Å². The fraction of sp³-hybridized carbons (Fsp3) is 0.314. The Kier molecular flexibility index (Phi) is 7.40. The summed E-state index contributed by atoms with van der Waals surface area (Å²) in [4.78, 5) is 5.05. The molecule has 5 nitrogen and oxygen atoms in total. The van der Waals surface area contributed by atoms with E-state index < -0.39 is 0 Å². The molecular weight excluding hydrogens is 492 g/mol. The van der Waals surface area contributed by atoms with E-state index in [1.165, 1.54) is 5.56 Å². The van der Waals surface area contributed by atoms with E-state index in [9.17, 15) is 10.5 Å². The number of benzene rings is 3. The summed E-state index contributed by atoms with van der Waals surface area (Å²) in [6.45, 7) is 3.85. The largest absolute Gasteiger partial charge is 0.393 e. The number of aliphatic hydroxyl groups is 1. The highest BCUT2D eigenvalue weighted by atomic mass is 16.3. The van der Waals surface area contributed by atoms with Crippen molar-refractivity contribution in [2.24, 2.45) is 5.41 Å². The lowest BCUT2D eigenvalue weighted by atomic mass is 9.72. The molecule has 5 aromatic rings. The second kappa shape index (κ2) is 11.3. The Hall–Kier alpha value is -3.96. The van der Waals surface area contributed by atoms with Crippen LogP contribution in [0.25, 0.3) is 33.4 Å². The Morgan fingerprint density at radius 3 is 2.10 bits per heavy atom. The number of nitrogens with one attached hydrogen (secondary N) is 1. The van der Waals surface area contributed by atoms with Crippen LogP contribution in [0.3, 0.4) is 0 Å². The highest BCUT2D eigenvalue weighted by molar-refractivity contribution is 6.02. The predicted molar refractivity (Wildman–Crippen MR) is 162 cm³/mol. The van der Waals surface area contributed by atoms with Crippen LogP contribution in [0.2, 0.25) is 0 Å². The first kappa shape index (κ1) is 26.3. The van der Waals surface area contributed by atoms with Crippen molar-refractivity contribution >= 4 is 11.0 Å². The number of hydrogen-bond donors (Lipinski definition) is 2. The quantitative estimate of drug-likeness (QED) is 0.222. The number of nitrogens with zero attached hydrogens (tertiary/aromatic N) is 3. The van der Waals surface area contributed by atoms with Crippen LogP contribution in [0.4, 0.5) is 0 Å². The van der Waals surface area contributed by atoms with Gasteiger partial charge in [0, 0.05) is 18.7 Å². The van der Waals surface area contributed by atoms with Gasteiger partial charge in [-0.2, -0.15) is 0 Å². The van der Waals surface area contributed by atoms with Gasteiger partial charge in [0.25, 0.3) is 0 Å². The molecule has 204 valence electrons. The van der Waals surface area contributed by atoms with Crippen LogP contribution >= 0.6 is 0 Å². The van der Waals surface area contributed by atoms with Gasteiger partial charge in [-0.25, -0.2) is 4.98 Å². The molecule has 1 fully saturated rings. The van der Waals surface area contributed by atoms with Crippen molar-refractivity contribution in [2.75, 3.05) is 0 Å². The van der Waals surface area contributed by atoms with Crippen LogP contribution < -0.4 is 5.49 Å². The third kappa shape index (κ3) is 5.26. The van der Waals surface area contributed by atoms with E-state index >= 15 is 0 Å². The molecular formula is C35H38N4O. The van der Waals surface area contributed by atoms with E-state index in [1.54, 1.807) is 0 Å². The SMILES string of the molecule is CC1(CCn2cnc3c(c(-c4ccccc4)c(-c4ccccc4)n3CCc3ccccc3)c2=N)CCC(O)CC1. The average Bonchev–Trinajstić information content (AvgIpc) is 3.34. The van der Waals surface area contributed by atoms with Crippen molar-refractivity contribution in [1.29, 1.82) is 5.41 Å². The Balaban J connectivity index is 1.50. The molecule has 1 aliphatic rings. The summed E-state index contributed by atoms with van der Waals surface area (Å²) >= 11 is 0. The fourth-order valence-electron chi connectivity index (χ4n) is 6.29. The molecule has 5 heteroatoms. The third-order valence-corrected chi connectivity index (χ3v) is 8.77. The molecule has 0 unspecified atom stereocenters. The molecule has 3 aromatic carbocycles. The Morgan fingerprint density at radius 2 is 1.45 bits per heavy atom. The molecule has 1 saturated carbocycles. The van der Waals surface area contributed by atoms with E-state index in [2.05, 4.69) is 96.4 Å². The molecule has 1 aliphatic carbocycles. The molecule has 2 heterocycles. The Labute approximate surface area is 236 Å². The number of hydrogen-bond acceptors (Lipinski definition) is 3. The minimum Gasteiger partial charge on any atom is -0.393 e. The van der Waals surface area contributed by atoms with Gasteiger partial charge in [-0.05, 0) is 60.6 Å². The second-order valence-electron chi connectivity index (χ2n) is 11.6. The zero-order valence-electron chi connectivity index (χ0n) is 23.3. The molecule has 40 heavy (non-hydrogen) atoms. The van der Waals surface area contributed by atoms with Crippen molar-refractivity contribution in [3.63, 3.8) is 0 Å². The number of rotatable bonds is 8. The zero-order valence-corrected chi connectivity index (χ0v) is 23.3. The average molecular weight is 531 g/mol. The first-order valence-corrected chi connectivity index (χ1v) is 14.5. The highest BCUT2D eigenvalue weighted by Crippen LogP contribution is 2.40. The van der Waals surface area contributed by atoms with Gasteiger partial charge in [0.1, 0.15) is 11.1 Å². The van der Waals surface area contributed by atoms with Gasteiger partial charge in [-0.1, -0.05) is 97.9 Å². The number of aromatic nitrogens is 3. The van der Waals surface area contributed by atoms with Crippen LogP contribution in [-0.2, 0) is 19.5 Å². The summed E-state index contributed by atoms with van der Waals surface area (Å²) in [6.07, 6.45) is 7.36. The lowest BCUT2D eigenvalue weighted by Gasteiger charge is -2.36. The minimum absolute atomic E-state index is 0.161. The maximum absolute atomic E-state index is 10.0. The highest BCUT2D eigenvalue weighted by Gasteiger charge is 2.30. The van der Waals surface area contributed by atoms with E-state index in [-0.39, 0.29) is 11.5 Å². The van der Waals surface area contributed by atoms with Gasteiger partial charge in [-0.15, -0.1) is 0 Å². The fourth-order valence-corrected chi connectivity index (χ4v) is 6.29. The first-order valence-electron chi connectivity index (χ1n) is 14.5. The third-order valence-electron chi connectivity index (χ3n) is 8.77. The summed E-state index contributed by atoms with van der Waals surface area (Å²) in [5.41, 5.74) is 7.27. The lowest BCUT2D eigenvalue weighted by Crippen LogP contribution is -2.30. The molecule has 0 amide bonds. The van der Waals surface area contributed by atoms with E-state index in [0.717, 1.165) is 85.0 Å². The standard InChI is InChI=1S/C35H38N4O/c1-35(20-17-29(40)18-21-35)22-24-38-25-37-34-31(33(38)36)30(27-13-7-3-8-14-27)32(28-15-9-4-10-16-28)39(34)23-19-26-11-5-2-6-12-26/h2-16,25,29,36,40H,17-24H2,1H3. The summed E-state index contributed by atoms with van der Waals surface area (Å²) in [6, 6.07) is 31.6. The monoisotopic (exact) mass is 530 g/mol. The normalized spacial score (nSPS) is 19.2. The maximum Gasteiger partial charge on any atom is 0.146 e. The minimum atomic E-state index is -0.161. The molecule has 0 aliphatic heterocycles.